The number of anilines is 1. The molecule has 0 radical (unpaired) electrons. The summed E-state index contributed by atoms with van der Waals surface area (Å²) in [6.45, 7) is 0. The third-order valence-electron chi connectivity index (χ3n) is 3.91. The van der Waals surface area contributed by atoms with Gasteiger partial charge in [-0.25, -0.2) is 0 Å². The number of benzene rings is 2. The van der Waals surface area contributed by atoms with E-state index < -0.39 is 17.8 Å². The highest BCUT2D eigenvalue weighted by molar-refractivity contribution is 5.95. The van der Waals surface area contributed by atoms with Crippen molar-refractivity contribution < 1.29 is 32.5 Å². The molecule has 0 saturated heterocycles. The minimum Gasteiger partial charge on any atom is -0.493 e. The van der Waals surface area contributed by atoms with Crippen LogP contribution in [0.3, 0.4) is 0 Å². The van der Waals surface area contributed by atoms with Crippen LogP contribution >= 0.6 is 0 Å². The van der Waals surface area contributed by atoms with Gasteiger partial charge < -0.3 is 25.3 Å². The zero-order valence-corrected chi connectivity index (χ0v) is 14.1. The van der Waals surface area contributed by atoms with E-state index in [0.29, 0.717) is 5.56 Å². The fourth-order valence-corrected chi connectivity index (χ4v) is 2.65. The van der Waals surface area contributed by atoms with Crippen LogP contribution in [0.1, 0.15) is 11.3 Å². The van der Waals surface area contributed by atoms with Crippen molar-refractivity contribution in [3.8, 4) is 17.2 Å². The highest BCUT2D eigenvalue weighted by Gasteiger charge is 2.33. The number of nitrogens with one attached hydrogen (secondary N) is 1. The van der Waals surface area contributed by atoms with Gasteiger partial charge in [-0.2, -0.15) is 13.2 Å². The molecule has 27 heavy (non-hydrogen) atoms. The Morgan fingerprint density at radius 1 is 1.15 bits per heavy atom. The van der Waals surface area contributed by atoms with E-state index in [0.717, 1.165) is 6.07 Å². The molecular weight excluding hydrogens is 365 g/mol. The second-order valence-corrected chi connectivity index (χ2v) is 5.78. The van der Waals surface area contributed by atoms with Crippen LogP contribution in [0.15, 0.2) is 36.4 Å². The summed E-state index contributed by atoms with van der Waals surface area (Å²) >= 11 is 0. The lowest BCUT2D eigenvalue weighted by molar-refractivity contribution is -0.140. The average molecular weight is 380 g/mol. The number of H-pyrrole nitrogens is 1. The number of hydrogen-bond acceptors (Lipinski definition) is 4. The van der Waals surface area contributed by atoms with Crippen LogP contribution in [0.4, 0.5) is 18.9 Å². The van der Waals surface area contributed by atoms with Crippen molar-refractivity contribution in [1.82, 2.24) is 4.98 Å². The molecule has 0 amide bonds. The maximum Gasteiger partial charge on any atom is 0.431 e. The van der Waals surface area contributed by atoms with Crippen molar-refractivity contribution >= 4 is 22.6 Å². The van der Waals surface area contributed by atoms with Crippen molar-refractivity contribution in [2.45, 2.75) is 12.6 Å². The number of nitrogens with two attached hydrogens (primary N) is 1. The summed E-state index contributed by atoms with van der Waals surface area (Å²) in [5, 5.41) is 9.04. The number of rotatable bonds is 5. The number of aromatic amines is 1. The lowest BCUT2D eigenvalue weighted by atomic mass is 10.1. The molecule has 142 valence electrons. The Morgan fingerprint density at radius 2 is 1.85 bits per heavy atom. The number of halogens is 3. The van der Waals surface area contributed by atoms with Gasteiger partial charge in [0.15, 0.2) is 17.2 Å². The Hall–Kier alpha value is -3.36. The zero-order chi connectivity index (χ0) is 19.8. The van der Waals surface area contributed by atoms with Gasteiger partial charge in [0.2, 0.25) is 0 Å². The van der Waals surface area contributed by atoms with Crippen LogP contribution in [0.2, 0.25) is 0 Å². The molecular formula is C18H15F3N2O4. The van der Waals surface area contributed by atoms with Gasteiger partial charge in [0.05, 0.1) is 19.2 Å². The fourth-order valence-electron chi connectivity index (χ4n) is 2.65. The molecule has 0 bridgehead atoms. The lowest BCUT2D eigenvalue weighted by Crippen LogP contribution is -2.04. The maximum absolute atomic E-state index is 12.9. The number of hydrogen-bond donors (Lipinski definition) is 3. The van der Waals surface area contributed by atoms with Crippen molar-refractivity contribution in [2.24, 2.45) is 0 Å². The highest BCUT2D eigenvalue weighted by atomic mass is 19.4. The lowest BCUT2D eigenvalue weighted by Gasteiger charge is -2.13. The Bertz CT molecular complexity index is 1010. The molecule has 1 aromatic heterocycles. The number of aromatic nitrogens is 1. The standard InChI is InChI=1S/C18H15F3N2O4/c1-26-14-6-9(7-16(24)25)2-4-12(14)27-13-5-3-11-10(17(13)22)8-15(23-11)18(19,20)21/h2-6,8,23H,7,22H2,1H3,(H,24,25). The van der Waals surface area contributed by atoms with Gasteiger partial charge in [-0.3, -0.25) is 4.79 Å². The van der Waals surface area contributed by atoms with E-state index in [9.17, 15) is 18.0 Å². The fraction of sp³-hybridized carbons (Fsp3) is 0.167. The number of alkyl halides is 3. The van der Waals surface area contributed by atoms with Gasteiger partial charge in [-0.1, -0.05) is 6.07 Å². The monoisotopic (exact) mass is 380 g/mol. The van der Waals surface area contributed by atoms with Gasteiger partial charge in [0, 0.05) is 10.9 Å². The second kappa shape index (κ2) is 6.75. The molecule has 6 nitrogen and oxygen atoms in total. The molecule has 0 aliphatic heterocycles. The van der Waals surface area contributed by atoms with Gasteiger partial charge >= 0.3 is 12.1 Å². The summed E-state index contributed by atoms with van der Waals surface area (Å²) in [7, 11) is 1.39. The topological polar surface area (TPSA) is 97.6 Å². The summed E-state index contributed by atoms with van der Waals surface area (Å²) in [5.74, 6) is -0.310. The molecule has 9 heteroatoms. The summed E-state index contributed by atoms with van der Waals surface area (Å²) in [6.07, 6.45) is -4.70. The number of ether oxygens (including phenoxy) is 2. The minimum atomic E-state index is -4.52. The number of carboxylic acids is 1. The number of methoxy groups -OCH3 is 1. The first-order valence-corrected chi connectivity index (χ1v) is 7.74. The van der Waals surface area contributed by atoms with Crippen LogP contribution in [0.25, 0.3) is 10.9 Å². The third kappa shape index (κ3) is 3.76. The molecule has 2 aromatic carbocycles. The van der Waals surface area contributed by atoms with E-state index in [4.69, 9.17) is 20.3 Å². The van der Waals surface area contributed by atoms with Gasteiger partial charge in [0.1, 0.15) is 5.69 Å². The number of aliphatic carboxylic acids is 1. The third-order valence-corrected chi connectivity index (χ3v) is 3.91. The quantitative estimate of drug-likeness (QED) is 0.577. The van der Waals surface area contributed by atoms with Crippen LogP contribution < -0.4 is 15.2 Å². The Labute approximate surface area is 151 Å². The second-order valence-electron chi connectivity index (χ2n) is 5.78. The molecule has 0 atom stereocenters. The first-order valence-electron chi connectivity index (χ1n) is 7.74. The highest BCUT2D eigenvalue weighted by Crippen LogP contribution is 2.40. The number of carboxylic acid groups (broad SMARTS) is 1. The number of fused-ring (bicyclic) bond motifs is 1. The summed E-state index contributed by atoms with van der Waals surface area (Å²) in [5.41, 5.74) is 5.85. The van der Waals surface area contributed by atoms with Crippen LogP contribution in [-0.4, -0.2) is 23.2 Å². The van der Waals surface area contributed by atoms with E-state index in [1.165, 1.54) is 31.4 Å². The molecule has 3 rings (SSSR count). The van der Waals surface area contributed by atoms with E-state index in [2.05, 4.69) is 4.98 Å². The van der Waals surface area contributed by atoms with Crippen molar-refractivity contribution in [3.63, 3.8) is 0 Å². The normalized spacial score (nSPS) is 11.6. The first-order chi connectivity index (χ1) is 12.7. The summed E-state index contributed by atoms with van der Waals surface area (Å²) in [6, 6.07) is 8.37. The van der Waals surface area contributed by atoms with E-state index in [1.807, 2.05) is 0 Å². The van der Waals surface area contributed by atoms with Crippen molar-refractivity contribution in [1.29, 1.82) is 0 Å². The molecule has 0 aliphatic carbocycles. The molecule has 0 spiro atoms. The molecule has 0 aliphatic rings. The van der Waals surface area contributed by atoms with Gasteiger partial charge in [0.25, 0.3) is 0 Å². The van der Waals surface area contributed by atoms with E-state index in [-0.39, 0.29) is 40.3 Å². The number of carbonyl (C=O) groups is 1. The van der Waals surface area contributed by atoms with Crippen LogP contribution in [0.5, 0.6) is 17.2 Å². The molecule has 0 saturated carbocycles. The van der Waals surface area contributed by atoms with E-state index >= 15 is 0 Å². The van der Waals surface area contributed by atoms with Crippen LogP contribution in [-0.2, 0) is 17.4 Å². The van der Waals surface area contributed by atoms with Gasteiger partial charge in [-0.05, 0) is 35.9 Å². The molecule has 3 aromatic rings. The van der Waals surface area contributed by atoms with Crippen molar-refractivity contribution in [3.05, 3.63) is 47.7 Å². The predicted octanol–water partition coefficient (Wildman–Crippen LogP) is 4.20. The Balaban J connectivity index is 1.97. The summed E-state index contributed by atoms with van der Waals surface area (Å²) in [4.78, 5) is 13.1. The maximum atomic E-state index is 12.9. The number of nitrogen functional groups attached to an aromatic ring is 1. The Morgan fingerprint density at radius 3 is 2.48 bits per heavy atom. The van der Waals surface area contributed by atoms with Crippen molar-refractivity contribution in [2.75, 3.05) is 12.8 Å². The molecule has 0 unspecified atom stereocenters. The summed E-state index contributed by atoms with van der Waals surface area (Å²) < 4.78 is 49.5. The van der Waals surface area contributed by atoms with E-state index in [1.54, 1.807) is 6.07 Å². The minimum absolute atomic E-state index is 0.0379. The smallest absolute Gasteiger partial charge is 0.431 e. The molecule has 0 fully saturated rings. The molecule has 1 heterocycles. The molecule has 4 N–H and O–H groups in total. The predicted molar refractivity (Wildman–Crippen MR) is 92.1 cm³/mol. The van der Waals surface area contributed by atoms with Gasteiger partial charge in [-0.15, -0.1) is 0 Å². The average Bonchev–Trinajstić information content (AvgIpc) is 3.03. The SMILES string of the molecule is COc1cc(CC(=O)O)ccc1Oc1ccc2[nH]c(C(F)(F)F)cc2c1N. The Kier molecular flexibility index (Phi) is 4.61. The zero-order valence-electron chi connectivity index (χ0n) is 14.1. The largest absolute Gasteiger partial charge is 0.493 e. The van der Waals surface area contributed by atoms with Crippen LogP contribution in [0, 0.1) is 0 Å². The first kappa shape index (κ1) is 18.4.